The molecule has 0 aromatic rings. The van der Waals surface area contributed by atoms with E-state index in [4.69, 9.17) is 23.7 Å². The van der Waals surface area contributed by atoms with Gasteiger partial charge in [0.1, 0.15) is 6.61 Å². The first-order chi connectivity index (χ1) is 24.5. The molecule has 0 amide bonds. The summed E-state index contributed by atoms with van der Waals surface area (Å²) in [5.74, 6) is -0.298. The molecule has 8 heteroatoms. The molecule has 298 valence electrons. The number of carbonyl (C=O) groups is 2. The van der Waals surface area contributed by atoms with Gasteiger partial charge in [-0.3, -0.25) is 4.79 Å². The van der Waals surface area contributed by atoms with E-state index in [9.17, 15) is 9.59 Å². The van der Waals surface area contributed by atoms with Gasteiger partial charge in [0.25, 0.3) is 0 Å². The Labute approximate surface area is 309 Å². The van der Waals surface area contributed by atoms with Gasteiger partial charge in [-0.25, -0.2) is 4.79 Å². The van der Waals surface area contributed by atoms with E-state index in [0.717, 1.165) is 58.2 Å². The largest absolute Gasteiger partial charge is 0.508 e. The number of rotatable bonds is 39. The molecule has 0 saturated carbocycles. The maximum absolute atomic E-state index is 12.9. The van der Waals surface area contributed by atoms with Crippen molar-refractivity contribution in [1.82, 2.24) is 4.90 Å². The van der Waals surface area contributed by atoms with Gasteiger partial charge in [-0.15, -0.1) is 0 Å². The summed E-state index contributed by atoms with van der Waals surface area (Å²) < 4.78 is 28.8. The molecule has 0 aliphatic carbocycles. The minimum atomic E-state index is -0.638. The lowest BCUT2D eigenvalue weighted by Crippen LogP contribution is -2.26. The molecule has 0 radical (unpaired) electrons. The van der Waals surface area contributed by atoms with Gasteiger partial charge in [0.15, 0.2) is 6.29 Å². The predicted molar refractivity (Wildman–Crippen MR) is 208 cm³/mol. The molecule has 0 saturated heterocycles. The molecule has 1 atom stereocenters. The van der Waals surface area contributed by atoms with Gasteiger partial charge in [0, 0.05) is 32.1 Å². The zero-order valence-corrected chi connectivity index (χ0v) is 33.8. The predicted octanol–water partition coefficient (Wildman–Crippen LogP) is 11.8. The second-order valence-electron chi connectivity index (χ2n) is 14.2. The molecule has 0 bridgehead atoms. The van der Waals surface area contributed by atoms with Crippen LogP contribution in [-0.2, 0) is 28.5 Å². The zero-order valence-electron chi connectivity index (χ0n) is 33.8. The van der Waals surface area contributed by atoms with E-state index in [1.54, 1.807) is 0 Å². The summed E-state index contributed by atoms with van der Waals surface area (Å²) >= 11 is 0. The zero-order chi connectivity index (χ0) is 36.8. The van der Waals surface area contributed by atoms with Gasteiger partial charge >= 0.3 is 12.1 Å². The lowest BCUT2D eigenvalue weighted by Gasteiger charge is -2.20. The Morgan fingerprint density at radius 3 is 1.44 bits per heavy atom. The summed E-state index contributed by atoms with van der Waals surface area (Å²) in [6, 6.07) is 0. The minimum Gasteiger partial charge on any atom is -0.465 e. The van der Waals surface area contributed by atoms with Crippen LogP contribution < -0.4 is 0 Å². The van der Waals surface area contributed by atoms with E-state index in [-0.39, 0.29) is 37.8 Å². The van der Waals surface area contributed by atoms with Crippen molar-refractivity contribution in [3.63, 3.8) is 0 Å². The van der Waals surface area contributed by atoms with Crippen molar-refractivity contribution in [1.29, 1.82) is 0 Å². The summed E-state index contributed by atoms with van der Waals surface area (Å²) in [6.07, 6.45) is 27.1. The highest BCUT2D eigenvalue weighted by molar-refractivity contribution is 5.69. The molecule has 0 rings (SSSR count). The number of esters is 1. The first kappa shape index (κ1) is 48.6. The molecule has 0 fully saturated rings. The van der Waals surface area contributed by atoms with E-state index in [1.807, 2.05) is 0 Å². The number of hydrogen-bond acceptors (Lipinski definition) is 8. The van der Waals surface area contributed by atoms with Crippen molar-refractivity contribution >= 4 is 12.1 Å². The van der Waals surface area contributed by atoms with Crippen LogP contribution in [0.25, 0.3) is 0 Å². The average Bonchev–Trinajstić information content (AvgIpc) is 3.12. The molecule has 0 aromatic carbocycles. The van der Waals surface area contributed by atoms with Crippen LogP contribution in [0.15, 0.2) is 0 Å². The fraction of sp³-hybridized carbons (Fsp3) is 0.952. The molecular weight excluding hydrogens is 630 g/mol. The van der Waals surface area contributed by atoms with Crippen molar-refractivity contribution in [2.45, 2.75) is 201 Å². The molecule has 0 N–H and O–H groups in total. The van der Waals surface area contributed by atoms with Crippen LogP contribution in [0.2, 0.25) is 0 Å². The fourth-order valence-corrected chi connectivity index (χ4v) is 6.10. The molecule has 0 aliphatic heterocycles. The minimum absolute atomic E-state index is 0.0459. The topological polar surface area (TPSA) is 83.5 Å². The summed E-state index contributed by atoms with van der Waals surface area (Å²) in [6.45, 7) is 16.0. The normalized spacial score (nSPS) is 12.1. The summed E-state index contributed by atoms with van der Waals surface area (Å²) in [5.41, 5.74) is 0. The molecule has 0 heterocycles. The maximum atomic E-state index is 12.9. The van der Waals surface area contributed by atoms with E-state index >= 15 is 0 Å². The average molecular weight is 714 g/mol. The third kappa shape index (κ3) is 33.7. The van der Waals surface area contributed by atoms with E-state index in [2.05, 4.69) is 39.5 Å². The number of ether oxygens (including phenoxy) is 5. The molecule has 50 heavy (non-hydrogen) atoms. The lowest BCUT2D eigenvalue weighted by atomic mass is 10.0. The third-order valence-corrected chi connectivity index (χ3v) is 9.55. The highest BCUT2D eigenvalue weighted by Gasteiger charge is 2.18. The van der Waals surface area contributed by atoms with Crippen LogP contribution in [0.3, 0.4) is 0 Å². The number of unbranched alkanes of at least 4 members (excludes halogenated alkanes) is 18. The molecule has 8 nitrogen and oxygen atoms in total. The smallest absolute Gasteiger partial charge is 0.465 e. The van der Waals surface area contributed by atoms with Crippen molar-refractivity contribution < 1.29 is 33.3 Å². The highest BCUT2D eigenvalue weighted by atomic mass is 16.7. The molecule has 0 aromatic heterocycles. The first-order valence-electron chi connectivity index (χ1n) is 21.4. The van der Waals surface area contributed by atoms with Crippen molar-refractivity contribution in [2.24, 2.45) is 5.92 Å². The van der Waals surface area contributed by atoms with Gasteiger partial charge < -0.3 is 28.6 Å². The Morgan fingerprint density at radius 2 is 0.940 bits per heavy atom. The van der Waals surface area contributed by atoms with Crippen LogP contribution in [0.1, 0.15) is 195 Å². The van der Waals surface area contributed by atoms with Crippen molar-refractivity contribution in [3.8, 4) is 0 Å². The Hall–Kier alpha value is -1.38. The van der Waals surface area contributed by atoms with Crippen LogP contribution in [0.4, 0.5) is 4.79 Å². The van der Waals surface area contributed by atoms with E-state index in [1.165, 1.54) is 109 Å². The fourth-order valence-electron chi connectivity index (χ4n) is 6.10. The van der Waals surface area contributed by atoms with Crippen LogP contribution in [0.5, 0.6) is 0 Å². The molecule has 0 spiro atoms. The van der Waals surface area contributed by atoms with Crippen LogP contribution >= 0.6 is 0 Å². The Balaban J connectivity index is 4.77. The van der Waals surface area contributed by atoms with Gasteiger partial charge in [0.05, 0.1) is 19.6 Å². The van der Waals surface area contributed by atoms with E-state index < -0.39 is 6.16 Å². The molecule has 1 unspecified atom stereocenters. The maximum Gasteiger partial charge on any atom is 0.508 e. The van der Waals surface area contributed by atoms with Gasteiger partial charge in [0.2, 0.25) is 0 Å². The van der Waals surface area contributed by atoms with Crippen molar-refractivity contribution in [2.75, 3.05) is 52.7 Å². The van der Waals surface area contributed by atoms with Crippen LogP contribution in [0, 0.1) is 5.92 Å². The summed E-state index contributed by atoms with van der Waals surface area (Å²) in [4.78, 5) is 27.5. The second kappa shape index (κ2) is 38.8. The SMILES string of the molecule is CCCCCCCCCCCC(COC(=O)CCC(OCCCCCCCC)OCCCCCCCC)COC(=O)OCCCN(CC)CC. The van der Waals surface area contributed by atoms with Gasteiger partial charge in [-0.05, 0) is 38.8 Å². The second-order valence-corrected chi connectivity index (χ2v) is 14.2. The Kier molecular flexibility index (Phi) is 37.8. The van der Waals surface area contributed by atoms with Crippen LogP contribution in [-0.4, -0.2) is 76.0 Å². The summed E-state index contributed by atoms with van der Waals surface area (Å²) in [5, 5.41) is 0. The monoisotopic (exact) mass is 714 g/mol. The Bertz CT molecular complexity index is 700. The Morgan fingerprint density at radius 1 is 0.480 bits per heavy atom. The number of hydrogen-bond donors (Lipinski definition) is 0. The lowest BCUT2D eigenvalue weighted by molar-refractivity contribution is -0.160. The van der Waals surface area contributed by atoms with Gasteiger partial charge in [-0.1, -0.05) is 157 Å². The molecule has 0 aliphatic rings. The third-order valence-electron chi connectivity index (χ3n) is 9.55. The van der Waals surface area contributed by atoms with E-state index in [0.29, 0.717) is 26.2 Å². The number of carbonyl (C=O) groups excluding carboxylic acids is 2. The first-order valence-corrected chi connectivity index (χ1v) is 21.4. The molecular formula is C42H83NO7. The number of nitrogens with zero attached hydrogens (tertiary/aromatic N) is 1. The van der Waals surface area contributed by atoms with Gasteiger partial charge in [-0.2, -0.15) is 0 Å². The summed E-state index contributed by atoms with van der Waals surface area (Å²) in [7, 11) is 0. The van der Waals surface area contributed by atoms with Crippen molar-refractivity contribution in [3.05, 3.63) is 0 Å². The standard InChI is InChI=1S/C42H83NO7/c1-6-11-14-17-20-21-22-23-26-30-39(38-50-42(45)48-36-29-33-43(9-4)10-5)37-49-40(44)31-32-41(46-34-27-24-18-15-12-7-2)47-35-28-25-19-16-13-8-3/h39,41H,6-38H2,1-5H3. The quantitative estimate of drug-likeness (QED) is 0.0354. The highest BCUT2D eigenvalue weighted by Crippen LogP contribution is 2.17.